The first-order valence-corrected chi connectivity index (χ1v) is 7.42. The third-order valence-electron chi connectivity index (χ3n) is 2.38. The van der Waals surface area contributed by atoms with Gasteiger partial charge < -0.3 is 10.6 Å². The molecule has 0 saturated heterocycles. The maximum absolute atomic E-state index is 12.4. The van der Waals surface area contributed by atoms with Crippen LogP contribution >= 0.6 is 31.9 Å². The van der Waals surface area contributed by atoms with E-state index in [1.54, 1.807) is 18.2 Å². The summed E-state index contributed by atoms with van der Waals surface area (Å²) in [5.41, 5.74) is 5.71. The minimum absolute atomic E-state index is 0.0699. The smallest absolute Gasteiger partial charge is 0.255 e. The molecule has 104 valence electrons. The van der Waals surface area contributed by atoms with Gasteiger partial charge in [0.2, 0.25) is 5.91 Å². The average molecular weight is 392 g/mol. The fourth-order valence-electron chi connectivity index (χ4n) is 1.68. The van der Waals surface area contributed by atoms with Crippen LogP contribution in [-0.4, -0.2) is 29.8 Å². The van der Waals surface area contributed by atoms with Crippen molar-refractivity contribution in [3.8, 4) is 0 Å². The van der Waals surface area contributed by atoms with Crippen molar-refractivity contribution in [3.05, 3.63) is 32.7 Å². The first-order valence-electron chi connectivity index (χ1n) is 5.84. The highest BCUT2D eigenvalue weighted by atomic mass is 79.9. The third-order valence-corrected chi connectivity index (χ3v) is 3.53. The van der Waals surface area contributed by atoms with E-state index in [0.717, 1.165) is 4.47 Å². The number of nitrogens with two attached hydrogens (primary N) is 1. The predicted octanol–water partition coefficient (Wildman–Crippen LogP) is 2.80. The Labute approximate surface area is 129 Å². The molecule has 0 bridgehead atoms. The normalized spacial score (nSPS) is 10.6. The van der Waals surface area contributed by atoms with Gasteiger partial charge in [-0.1, -0.05) is 29.8 Å². The second kappa shape index (κ2) is 7.05. The molecule has 0 spiro atoms. The van der Waals surface area contributed by atoms with Gasteiger partial charge in [0.1, 0.15) is 0 Å². The van der Waals surface area contributed by atoms with E-state index in [0.29, 0.717) is 16.6 Å². The van der Waals surface area contributed by atoms with Crippen molar-refractivity contribution in [2.45, 2.75) is 13.8 Å². The molecule has 2 N–H and O–H groups in total. The molecule has 0 saturated carbocycles. The Hall–Kier alpha value is -0.880. The summed E-state index contributed by atoms with van der Waals surface area (Å²) in [6.45, 7) is 4.39. The zero-order valence-electron chi connectivity index (χ0n) is 10.8. The first-order chi connectivity index (χ1) is 8.81. The fraction of sp³-hybridized carbons (Fsp3) is 0.385. The molecule has 6 heteroatoms. The van der Waals surface area contributed by atoms with Crippen LogP contribution in [0.5, 0.6) is 0 Å². The largest absolute Gasteiger partial charge is 0.368 e. The summed E-state index contributed by atoms with van der Waals surface area (Å²) in [6.07, 6.45) is 0. The van der Waals surface area contributed by atoms with Crippen molar-refractivity contribution < 1.29 is 9.59 Å². The number of carbonyl (C=O) groups excluding carboxylic acids is 2. The van der Waals surface area contributed by atoms with Crippen molar-refractivity contribution >= 4 is 43.7 Å². The second-order valence-corrected chi connectivity index (χ2v) is 6.44. The molecule has 0 radical (unpaired) electrons. The molecule has 0 heterocycles. The molecule has 0 aliphatic carbocycles. The highest BCUT2D eigenvalue weighted by molar-refractivity contribution is 9.11. The number of primary amides is 1. The van der Waals surface area contributed by atoms with Crippen molar-refractivity contribution in [2.24, 2.45) is 11.7 Å². The molecule has 0 atom stereocenters. The number of nitrogens with zero attached hydrogens (tertiary/aromatic N) is 1. The van der Waals surface area contributed by atoms with E-state index in [2.05, 4.69) is 31.9 Å². The molecular weight excluding hydrogens is 376 g/mol. The van der Waals surface area contributed by atoms with Crippen LogP contribution < -0.4 is 5.73 Å². The Bertz CT molecular complexity index is 490. The lowest BCUT2D eigenvalue weighted by Gasteiger charge is -2.23. The van der Waals surface area contributed by atoms with Gasteiger partial charge in [-0.3, -0.25) is 9.59 Å². The van der Waals surface area contributed by atoms with E-state index in [9.17, 15) is 9.59 Å². The zero-order chi connectivity index (χ0) is 14.6. The van der Waals surface area contributed by atoms with Crippen LogP contribution in [0.2, 0.25) is 0 Å². The van der Waals surface area contributed by atoms with Crippen molar-refractivity contribution in [1.29, 1.82) is 0 Å². The summed E-state index contributed by atoms with van der Waals surface area (Å²) >= 11 is 6.69. The van der Waals surface area contributed by atoms with Crippen LogP contribution in [0, 0.1) is 5.92 Å². The van der Waals surface area contributed by atoms with Crippen molar-refractivity contribution in [2.75, 3.05) is 13.1 Å². The van der Waals surface area contributed by atoms with E-state index in [-0.39, 0.29) is 18.4 Å². The number of amides is 2. The topological polar surface area (TPSA) is 63.4 Å². The summed E-state index contributed by atoms with van der Waals surface area (Å²) in [4.78, 5) is 25.0. The van der Waals surface area contributed by atoms with E-state index < -0.39 is 5.91 Å². The van der Waals surface area contributed by atoms with Crippen LogP contribution in [0.25, 0.3) is 0 Å². The molecule has 0 fully saturated rings. The van der Waals surface area contributed by atoms with Crippen LogP contribution in [0.4, 0.5) is 0 Å². The lowest BCUT2D eigenvalue weighted by Crippen LogP contribution is -2.40. The molecule has 0 unspecified atom stereocenters. The number of benzene rings is 1. The highest BCUT2D eigenvalue weighted by Gasteiger charge is 2.20. The molecule has 0 aliphatic heterocycles. The molecule has 0 aliphatic rings. The summed E-state index contributed by atoms with van der Waals surface area (Å²) in [6, 6.07) is 5.30. The van der Waals surface area contributed by atoms with Gasteiger partial charge >= 0.3 is 0 Å². The predicted molar refractivity (Wildman–Crippen MR) is 81.8 cm³/mol. The summed E-state index contributed by atoms with van der Waals surface area (Å²) in [7, 11) is 0. The molecular formula is C13H16Br2N2O2. The van der Waals surface area contributed by atoms with Crippen LogP contribution in [0.15, 0.2) is 27.1 Å². The van der Waals surface area contributed by atoms with Gasteiger partial charge in [-0.05, 0) is 40.0 Å². The van der Waals surface area contributed by atoms with Crippen LogP contribution in [-0.2, 0) is 4.79 Å². The van der Waals surface area contributed by atoms with Crippen molar-refractivity contribution in [3.63, 3.8) is 0 Å². The average Bonchev–Trinajstić information content (AvgIpc) is 2.26. The maximum atomic E-state index is 12.4. The zero-order valence-corrected chi connectivity index (χ0v) is 14.0. The van der Waals surface area contributed by atoms with Gasteiger partial charge in [-0.2, -0.15) is 0 Å². The summed E-state index contributed by atoms with van der Waals surface area (Å²) < 4.78 is 1.56. The monoisotopic (exact) mass is 390 g/mol. The fourth-order valence-corrected chi connectivity index (χ4v) is 2.90. The van der Waals surface area contributed by atoms with Gasteiger partial charge in [0, 0.05) is 15.5 Å². The second-order valence-electron chi connectivity index (χ2n) is 4.67. The van der Waals surface area contributed by atoms with E-state index in [1.807, 2.05) is 13.8 Å². The highest BCUT2D eigenvalue weighted by Crippen LogP contribution is 2.23. The molecule has 19 heavy (non-hydrogen) atoms. The van der Waals surface area contributed by atoms with Crippen molar-refractivity contribution in [1.82, 2.24) is 4.90 Å². The third kappa shape index (κ3) is 4.95. The minimum atomic E-state index is -0.512. The van der Waals surface area contributed by atoms with E-state index >= 15 is 0 Å². The van der Waals surface area contributed by atoms with Gasteiger partial charge in [-0.25, -0.2) is 0 Å². The summed E-state index contributed by atoms with van der Waals surface area (Å²) in [5, 5.41) is 0. The van der Waals surface area contributed by atoms with Crippen LogP contribution in [0.3, 0.4) is 0 Å². The van der Waals surface area contributed by atoms with Gasteiger partial charge in [0.05, 0.1) is 12.1 Å². The molecule has 1 rings (SSSR count). The van der Waals surface area contributed by atoms with E-state index in [4.69, 9.17) is 5.73 Å². The molecule has 1 aromatic rings. The molecule has 1 aromatic carbocycles. The Morgan fingerprint density at radius 1 is 1.32 bits per heavy atom. The van der Waals surface area contributed by atoms with Gasteiger partial charge in [-0.15, -0.1) is 0 Å². The summed E-state index contributed by atoms with van der Waals surface area (Å²) in [5.74, 6) is -0.452. The lowest BCUT2D eigenvalue weighted by molar-refractivity contribution is -0.118. The Morgan fingerprint density at radius 3 is 2.42 bits per heavy atom. The van der Waals surface area contributed by atoms with Gasteiger partial charge in [0.25, 0.3) is 5.91 Å². The molecule has 0 aromatic heterocycles. The van der Waals surface area contributed by atoms with Crippen LogP contribution in [0.1, 0.15) is 24.2 Å². The Kier molecular flexibility index (Phi) is 6.00. The first kappa shape index (κ1) is 16.2. The molecule has 4 nitrogen and oxygen atoms in total. The number of carbonyl (C=O) groups is 2. The lowest BCUT2D eigenvalue weighted by atomic mass is 10.1. The number of rotatable bonds is 5. The minimum Gasteiger partial charge on any atom is -0.368 e. The number of halogens is 2. The maximum Gasteiger partial charge on any atom is 0.255 e. The number of hydrogen-bond donors (Lipinski definition) is 1. The molecule has 2 amide bonds. The SMILES string of the molecule is CC(C)CN(CC(N)=O)C(=O)c1ccc(Br)cc1Br. The Morgan fingerprint density at radius 2 is 1.95 bits per heavy atom. The standard InChI is InChI=1S/C13H16Br2N2O2/c1-8(2)6-17(7-12(16)18)13(19)10-4-3-9(14)5-11(10)15/h3-5,8H,6-7H2,1-2H3,(H2,16,18). The number of hydrogen-bond acceptors (Lipinski definition) is 2. The Balaban J connectivity index is 3.00. The van der Waals surface area contributed by atoms with E-state index in [1.165, 1.54) is 4.90 Å². The van der Waals surface area contributed by atoms with Gasteiger partial charge in [0.15, 0.2) is 0 Å². The quantitative estimate of drug-likeness (QED) is 0.838.